The average molecular weight is 245 g/mol. The number of ether oxygens (including phenoxy) is 1. The number of halogens is 2. The van der Waals surface area contributed by atoms with Gasteiger partial charge in [-0.1, -0.05) is 0 Å². The highest BCUT2D eigenvalue weighted by molar-refractivity contribution is 5.07. The SMILES string of the molecule is FC(F)COCCn1cncc1C1CCCN1. The van der Waals surface area contributed by atoms with E-state index in [1.54, 1.807) is 6.33 Å². The minimum absolute atomic E-state index is 0.292. The van der Waals surface area contributed by atoms with Gasteiger partial charge in [0, 0.05) is 18.8 Å². The Morgan fingerprint density at radius 1 is 1.59 bits per heavy atom. The third-order valence-electron chi connectivity index (χ3n) is 2.88. The number of alkyl halides is 2. The van der Waals surface area contributed by atoms with E-state index >= 15 is 0 Å². The minimum atomic E-state index is -2.39. The molecule has 0 radical (unpaired) electrons. The summed E-state index contributed by atoms with van der Waals surface area (Å²) in [7, 11) is 0. The highest BCUT2D eigenvalue weighted by Gasteiger charge is 2.19. The molecule has 0 spiro atoms. The lowest BCUT2D eigenvalue weighted by Gasteiger charge is -2.13. The molecule has 2 rings (SSSR count). The zero-order valence-electron chi connectivity index (χ0n) is 9.61. The third-order valence-corrected chi connectivity index (χ3v) is 2.88. The summed E-state index contributed by atoms with van der Waals surface area (Å²) in [5.74, 6) is 0. The molecule has 1 aliphatic rings. The molecule has 1 fully saturated rings. The highest BCUT2D eigenvalue weighted by atomic mass is 19.3. The van der Waals surface area contributed by atoms with Gasteiger partial charge in [-0.15, -0.1) is 0 Å². The van der Waals surface area contributed by atoms with Gasteiger partial charge in [-0.3, -0.25) is 0 Å². The highest BCUT2D eigenvalue weighted by Crippen LogP contribution is 2.22. The quantitative estimate of drug-likeness (QED) is 0.774. The number of rotatable bonds is 6. The normalized spacial score (nSPS) is 20.3. The summed E-state index contributed by atoms with van der Waals surface area (Å²) in [5.41, 5.74) is 1.11. The molecular formula is C11H17F2N3O. The number of hydrogen-bond acceptors (Lipinski definition) is 3. The van der Waals surface area contributed by atoms with Crippen molar-refractivity contribution >= 4 is 0 Å². The molecule has 0 aromatic carbocycles. The molecule has 96 valence electrons. The summed E-state index contributed by atoms with van der Waals surface area (Å²) in [4.78, 5) is 4.10. The molecule has 1 aromatic rings. The van der Waals surface area contributed by atoms with Crippen molar-refractivity contribution in [3.8, 4) is 0 Å². The molecule has 2 heterocycles. The van der Waals surface area contributed by atoms with Crippen molar-refractivity contribution in [1.29, 1.82) is 0 Å². The first-order valence-corrected chi connectivity index (χ1v) is 5.86. The third kappa shape index (κ3) is 3.47. The summed E-state index contributed by atoms with van der Waals surface area (Å²) >= 11 is 0. The molecule has 0 saturated carbocycles. The van der Waals surface area contributed by atoms with Gasteiger partial charge in [0.15, 0.2) is 0 Å². The first-order valence-electron chi connectivity index (χ1n) is 5.86. The van der Waals surface area contributed by atoms with Gasteiger partial charge in [-0.2, -0.15) is 0 Å². The fourth-order valence-electron chi connectivity index (χ4n) is 2.08. The van der Waals surface area contributed by atoms with Crippen LogP contribution in [0.25, 0.3) is 0 Å². The summed E-state index contributed by atoms with van der Waals surface area (Å²) in [6.07, 6.45) is 3.42. The van der Waals surface area contributed by atoms with Crippen LogP contribution in [-0.2, 0) is 11.3 Å². The van der Waals surface area contributed by atoms with Gasteiger partial charge in [0.1, 0.15) is 6.61 Å². The van der Waals surface area contributed by atoms with E-state index in [0.717, 1.165) is 25.1 Å². The molecule has 1 N–H and O–H groups in total. The Hall–Kier alpha value is -1.01. The van der Waals surface area contributed by atoms with Crippen LogP contribution in [0.2, 0.25) is 0 Å². The number of aromatic nitrogens is 2. The molecule has 1 unspecified atom stereocenters. The van der Waals surface area contributed by atoms with Crippen molar-refractivity contribution in [2.24, 2.45) is 0 Å². The molecule has 17 heavy (non-hydrogen) atoms. The molecule has 1 saturated heterocycles. The molecule has 1 aromatic heterocycles. The van der Waals surface area contributed by atoms with Crippen molar-refractivity contribution in [3.63, 3.8) is 0 Å². The smallest absolute Gasteiger partial charge is 0.261 e. The van der Waals surface area contributed by atoms with E-state index in [-0.39, 0.29) is 0 Å². The van der Waals surface area contributed by atoms with Gasteiger partial charge in [-0.25, -0.2) is 13.8 Å². The molecule has 0 aliphatic carbocycles. The Morgan fingerprint density at radius 2 is 2.47 bits per heavy atom. The number of imidazole rings is 1. The largest absolute Gasteiger partial charge is 0.374 e. The Bertz CT molecular complexity index is 337. The Kier molecular flexibility index (Phi) is 4.44. The van der Waals surface area contributed by atoms with Crippen LogP contribution in [0, 0.1) is 0 Å². The fraction of sp³-hybridized carbons (Fsp3) is 0.727. The summed E-state index contributed by atoms with van der Waals surface area (Å²) in [6, 6.07) is 0.340. The standard InChI is InChI=1S/C11H17F2N3O/c12-11(13)7-17-5-4-16-8-14-6-10(16)9-2-1-3-15-9/h6,8-9,11,15H,1-5,7H2. The second-order valence-electron chi connectivity index (χ2n) is 4.13. The fourth-order valence-corrected chi connectivity index (χ4v) is 2.08. The maximum Gasteiger partial charge on any atom is 0.261 e. The van der Waals surface area contributed by atoms with Gasteiger partial charge >= 0.3 is 0 Å². The van der Waals surface area contributed by atoms with E-state index in [9.17, 15) is 8.78 Å². The van der Waals surface area contributed by atoms with Crippen LogP contribution in [0.3, 0.4) is 0 Å². The summed E-state index contributed by atoms with van der Waals surface area (Å²) in [6.45, 7) is 1.39. The molecule has 4 nitrogen and oxygen atoms in total. The van der Waals surface area contributed by atoms with Crippen molar-refractivity contribution < 1.29 is 13.5 Å². The Morgan fingerprint density at radius 3 is 3.18 bits per heavy atom. The second-order valence-corrected chi connectivity index (χ2v) is 4.13. The predicted molar refractivity (Wildman–Crippen MR) is 59.0 cm³/mol. The molecule has 0 amide bonds. The van der Waals surface area contributed by atoms with Crippen LogP contribution < -0.4 is 5.32 Å². The lowest BCUT2D eigenvalue weighted by atomic mass is 10.2. The first-order chi connectivity index (χ1) is 8.27. The zero-order valence-corrected chi connectivity index (χ0v) is 9.61. The van der Waals surface area contributed by atoms with E-state index in [2.05, 4.69) is 10.3 Å². The van der Waals surface area contributed by atoms with Crippen LogP contribution >= 0.6 is 0 Å². The predicted octanol–water partition coefficient (Wildman–Crippen LogP) is 1.59. The topological polar surface area (TPSA) is 39.1 Å². The van der Waals surface area contributed by atoms with Crippen LogP contribution in [0.4, 0.5) is 8.78 Å². The van der Waals surface area contributed by atoms with E-state index in [1.807, 2.05) is 10.8 Å². The lowest BCUT2D eigenvalue weighted by Crippen LogP contribution is -2.18. The molecule has 6 heteroatoms. The van der Waals surface area contributed by atoms with Crippen molar-refractivity contribution in [1.82, 2.24) is 14.9 Å². The van der Waals surface area contributed by atoms with E-state index in [0.29, 0.717) is 19.2 Å². The lowest BCUT2D eigenvalue weighted by molar-refractivity contribution is 0.0145. The minimum Gasteiger partial charge on any atom is -0.374 e. The molecule has 1 atom stereocenters. The van der Waals surface area contributed by atoms with Gasteiger partial charge in [0.05, 0.1) is 18.6 Å². The number of nitrogens with zero attached hydrogens (tertiary/aromatic N) is 2. The first kappa shape index (κ1) is 12.4. The second kappa shape index (κ2) is 6.07. The summed E-state index contributed by atoms with van der Waals surface area (Å²) in [5, 5.41) is 3.39. The van der Waals surface area contributed by atoms with Crippen molar-refractivity contribution in [2.45, 2.75) is 31.9 Å². The number of nitrogens with one attached hydrogen (secondary N) is 1. The van der Waals surface area contributed by atoms with E-state index < -0.39 is 13.0 Å². The van der Waals surface area contributed by atoms with Crippen LogP contribution in [0.5, 0.6) is 0 Å². The van der Waals surface area contributed by atoms with Gasteiger partial charge in [0.2, 0.25) is 0 Å². The zero-order chi connectivity index (χ0) is 12.1. The van der Waals surface area contributed by atoms with Gasteiger partial charge in [-0.05, 0) is 19.4 Å². The monoisotopic (exact) mass is 245 g/mol. The van der Waals surface area contributed by atoms with Gasteiger partial charge in [0.25, 0.3) is 6.43 Å². The van der Waals surface area contributed by atoms with Crippen LogP contribution in [0.15, 0.2) is 12.5 Å². The maximum atomic E-state index is 11.9. The van der Waals surface area contributed by atoms with Gasteiger partial charge < -0.3 is 14.6 Å². The van der Waals surface area contributed by atoms with Crippen LogP contribution in [0.1, 0.15) is 24.6 Å². The summed E-state index contributed by atoms with van der Waals surface area (Å²) < 4.78 is 30.6. The Labute approximate surface area is 99.0 Å². The molecule has 0 bridgehead atoms. The van der Waals surface area contributed by atoms with Crippen molar-refractivity contribution in [3.05, 3.63) is 18.2 Å². The molecule has 1 aliphatic heterocycles. The van der Waals surface area contributed by atoms with E-state index in [1.165, 1.54) is 0 Å². The van der Waals surface area contributed by atoms with Crippen molar-refractivity contribution in [2.75, 3.05) is 19.8 Å². The van der Waals surface area contributed by atoms with E-state index in [4.69, 9.17) is 4.74 Å². The Balaban J connectivity index is 1.82. The average Bonchev–Trinajstić information content (AvgIpc) is 2.94. The molecular weight excluding hydrogens is 228 g/mol. The van der Waals surface area contributed by atoms with Crippen LogP contribution in [-0.4, -0.2) is 35.7 Å². The maximum absolute atomic E-state index is 11.9. The number of hydrogen-bond donors (Lipinski definition) is 1.